The molecule has 0 aliphatic heterocycles. The number of benzene rings is 2. The number of nitrogens with zero attached hydrogens (tertiary/aromatic N) is 1. The summed E-state index contributed by atoms with van der Waals surface area (Å²) in [6, 6.07) is 14.7. The Morgan fingerprint density at radius 3 is 2.39 bits per heavy atom. The number of rotatable bonds is 4. The summed E-state index contributed by atoms with van der Waals surface area (Å²) in [5.74, 6) is -0.677. The highest BCUT2D eigenvalue weighted by atomic mass is 19.4. The molecule has 0 unspecified atom stereocenters. The molecular weight excluding hydrogens is 369 g/mol. The van der Waals surface area contributed by atoms with Crippen LogP contribution in [0.3, 0.4) is 0 Å². The summed E-state index contributed by atoms with van der Waals surface area (Å²) >= 11 is 0. The number of pyridine rings is 1. The predicted octanol–water partition coefficient (Wildman–Crippen LogP) is 4.48. The predicted molar refractivity (Wildman–Crippen MR) is 100 cm³/mol. The second-order valence-corrected chi connectivity index (χ2v) is 6.37. The molecule has 0 bridgehead atoms. The van der Waals surface area contributed by atoms with Crippen molar-refractivity contribution in [1.29, 1.82) is 0 Å². The van der Waals surface area contributed by atoms with Gasteiger partial charge in [0.1, 0.15) is 5.56 Å². The van der Waals surface area contributed by atoms with Gasteiger partial charge < -0.3 is 9.88 Å². The Balaban J connectivity index is 1.80. The molecule has 144 valence electrons. The van der Waals surface area contributed by atoms with Gasteiger partial charge >= 0.3 is 6.18 Å². The van der Waals surface area contributed by atoms with E-state index in [0.29, 0.717) is 6.54 Å². The van der Waals surface area contributed by atoms with Crippen molar-refractivity contribution in [3.8, 4) is 0 Å². The molecule has 2 aromatic carbocycles. The molecule has 0 fully saturated rings. The maximum Gasteiger partial charge on any atom is 0.416 e. The maximum absolute atomic E-state index is 12.6. The smallest absolute Gasteiger partial charge is 0.322 e. The minimum atomic E-state index is -4.45. The van der Waals surface area contributed by atoms with Crippen LogP contribution in [0.25, 0.3) is 0 Å². The monoisotopic (exact) mass is 386 g/mol. The number of carbonyl (C=O) groups is 1. The van der Waals surface area contributed by atoms with Gasteiger partial charge in [-0.05, 0) is 48.9 Å². The molecule has 3 rings (SSSR count). The third kappa shape index (κ3) is 4.49. The topological polar surface area (TPSA) is 51.1 Å². The Labute approximate surface area is 159 Å². The van der Waals surface area contributed by atoms with Gasteiger partial charge in [-0.1, -0.05) is 29.8 Å². The van der Waals surface area contributed by atoms with Gasteiger partial charge in [0.15, 0.2) is 0 Å². The summed E-state index contributed by atoms with van der Waals surface area (Å²) in [5.41, 5.74) is 0.768. The summed E-state index contributed by atoms with van der Waals surface area (Å²) in [6.07, 6.45) is -2.87. The van der Waals surface area contributed by atoms with E-state index in [2.05, 4.69) is 5.32 Å². The van der Waals surface area contributed by atoms with Crippen molar-refractivity contribution in [2.24, 2.45) is 0 Å². The first kappa shape index (κ1) is 19.4. The Morgan fingerprint density at radius 1 is 1.04 bits per heavy atom. The normalized spacial score (nSPS) is 11.3. The van der Waals surface area contributed by atoms with Crippen LogP contribution in [-0.4, -0.2) is 10.5 Å². The van der Waals surface area contributed by atoms with Crippen molar-refractivity contribution in [3.05, 3.63) is 99.5 Å². The molecular formula is C21H17F3N2O2. The zero-order valence-electron chi connectivity index (χ0n) is 15.0. The molecule has 0 saturated carbocycles. The van der Waals surface area contributed by atoms with Gasteiger partial charge in [-0.2, -0.15) is 13.2 Å². The van der Waals surface area contributed by atoms with E-state index in [9.17, 15) is 22.8 Å². The van der Waals surface area contributed by atoms with Gasteiger partial charge in [0.2, 0.25) is 0 Å². The highest BCUT2D eigenvalue weighted by Crippen LogP contribution is 2.29. The molecule has 28 heavy (non-hydrogen) atoms. The Kier molecular flexibility index (Phi) is 5.35. The van der Waals surface area contributed by atoms with Crippen molar-refractivity contribution >= 4 is 11.6 Å². The van der Waals surface area contributed by atoms with E-state index in [0.717, 1.165) is 35.4 Å². The van der Waals surface area contributed by atoms with Crippen LogP contribution in [0.1, 0.15) is 27.0 Å². The molecule has 0 aliphatic rings. The summed E-state index contributed by atoms with van der Waals surface area (Å²) in [5, 5.41) is 2.46. The lowest BCUT2D eigenvalue weighted by Crippen LogP contribution is -2.29. The minimum Gasteiger partial charge on any atom is -0.322 e. The van der Waals surface area contributed by atoms with Gasteiger partial charge in [-0.25, -0.2) is 0 Å². The average Bonchev–Trinajstić information content (AvgIpc) is 2.63. The van der Waals surface area contributed by atoms with E-state index in [4.69, 9.17) is 0 Å². The van der Waals surface area contributed by atoms with Crippen LogP contribution in [0.2, 0.25) is 0 Å². The van der Waals surface area contributed by atoms with E-state index >= 15 is 0 Å². The molecule has 0 saturated heterocycles. The van der Waals surface area contributed by atoms with Crippen LogP contribution in [0, 0.1) is 6.92 Å². The maximum atomic E-state index is 12.6. The zero-order valence-corrected chi connectivity index (χ0v) is 15.0. The summed E-state index contributed by atoms with van der Waals surface area (Å²) in [6.45, 7) is 2.25. The number of carbonyl (C=O) groups excluding carboxylic acids is 1. The highest BCUT2D eigenvalue weighted by molar-refractivity contribution is 6.03. The SMILES string of the molecule is Cc1cccc(Cn2cccc(C(=O)Nc3ccc(C(F)(F)F)cc3)c2=O)c1. The van der Waals surface area contributed by atoms with Crippen LogP contribution in [0.5, 0.6) is 0 Å². The number of hydrogen-bond acceptors (Lipinski definition) is 2. The number of aromatic nitrogens is 1. The summed E-state index contributed by atoms with van der Waals surface area (Å²) in [4.78, 5) is 25.1. The molecule has 1 N–H and O–H groups in total. The van der Waals surface area contributed by atoms with E-state index < -0.39 is 23.2 Å². The standard InChI is InChI=1S/C21H17F3N2O2/c1-14-4-2-5-15(12-14)13-26-11-3-6-18(20(26)28)19(27)25-17-9-7-16(8-10-17)21(22,23)24/h2-12H,13H2,1H3,(H,25,27). The van der Waals surface area contributed by atoms with Crippen LogP contribution < -0.4 is 10.9 Å². The minimum absolute atomic E-state index is 0.0879. The number of aryl methyl sites for hydroxylation is 1. The van der Waals surface area contributed by atoms with Crippen molar-refractivity contribution in [2.75, 3.05) is 5.32 Å². The first-order valence-electron chi connectivity index (χ1n) is 8.47. The highest BCUT2D eigenvalue weighted by Gasteiger charge is 2.30. The van der Waals surface area contributed by atoms with Crippen molar-refractivity contribution in [1.82, 2.24) is 4.57 Å². The van der Waals surface area contributed by atoms with Gasteiger partial charge in [0, 0.05) is 11.9 Å². The number of alkyl halides is 3. The molecule has 0 aliphatic carbocycles. The Hall–Kier alpha value is -3.35. The third-order valence-corrected chi connectivity index (χ3v) is 4.17. The lowest BCUT2D eigenvalue weighted by Gasteiger charge is -2.10. The number of nitrogens with one attached hydrogen (secondary N) is 1. The number of halogens is 3. The molecule has 0 radical (unpaired) electrons. The lowest BCUT2D eigenvalue weighted by atomic mass is 10.1. The van der Waals surface area contributed by atoms with E-state index in [1.54, 1.807) is 12.3 Å². The van der Waals surface area contributed by atoms with Crippen LogP contribution in [0.4, 0.5) is 18.9 Å². The zero-order chi connectivity index (χ0) is 20.3. The van der Waals surface area contributed by atoms with Crippen LogP contribution >= 0.6 is 0 Å². The Bertz CT molecular complexity index is 1050. The molecule has 0 atom stereocenters. The first-order chi connectivity index (χ1) is 13.2. The van der Waals surface area contributed by atoms with E-state index in [1.165, 1.54) is 10.6 Å². The number of anilines is 1. The molecule has 7 heteroatoms. The second kappa shape index (κ2) is 7.72. The van der Waals surface area contributed by atoms with E-state index in [1.807, 2.05) is 31.2 Å². The molecule has 1 aromatic heterocycles. The van der Waals surface area contributed by atoms with Gasteiger partial charge in [-0.15, -0.1) is 0 Å². The summed E-state index contributed by atoms with van der Waals surface area (Å²) in [7, 11) is 0. The quantitative estimate of drug-likeness (QED) is 0.719. The van der Waals surface area contributed by atoms with Crippen molar-refractivity contribution in [3.63, 3.8) is 0 Å². The van der Waals surface area contributed by atoms with Crippen LogP contribution in [0.15, 0.2) is 71.7 Å². The van der Waals surface area contributed by atoms with Crippen molar-refractivity contribution < 1.29 is 18.0 Å². The van der Waals surface area contributed by atoms with E-state index in [-0.39, 0.29) is 11.3 Å². The summed E-state index contributed by atoms with van der Waals surface area (Å²) < 4.78 is 39.3. The fourth-order valence-electron chi connectivity index (χ4n) is 2.78. The lowest BCUT2D eigenvalue weighted by molar-refractivity contribution is -0.137. The molecule has 4 nitrogen and oxygen atoms in total. The van der Waals surface area contributed by atoms with Gasteiger partial charge in [0.05, 0.1) is 12.1 Å². The average molecular weight is 386 g/mol. The first-order valence-corrected chi connectivity index (χ1v) is 8.47. The largest absolute Gasteiger partial charge is 0.416 e. The molecule has 0 spiro atoms. The number of hydrogen-bond donors (Lipinski definition) is 1. The fourth-order valence-corrected chi connectivity index (χ4v) is 2.78. The van der Waals surface area contributed by atoms with Crippen LogP contribution in [-0.2, 0) is 12.7 Å². The molecule has 1 heterocycles. The fraction of sp³-hybridized carbons (Fsp3) is 0.143. The third-order valence-electron chi connectivity index (χ3n) is 4.17. The van der Waals surface area contributed by atoms with Gasteiger partial charge in [0.25, 0.3) is 11.5 Å². The molecule has 3 aromatic rings. The second-order valence-electron chi connectivity index (χ2n) is 6.37. The Morgan fingerprint density at radius 2 is 1.75 bits per heavy atom. The van der Waals surface area contributed by atoms with Gasteiger partial charge in [-0.3, -0.25) is 9.59 Å². The molecule has 1 amide bonds. The van der Waals surface area contributed by atoms with Crippen molar-refractivity contribution in [2.45, 2.75) is 19.6 Å². The number of amides is 1.